The van der Waals surface area contributed by atoms with E-state index in [0.717, 1.165) is 31.7 Å². The summed E-state index contributed by atoms with van der Waals surface area (Å²) < 4.78 is 21.5. The van der Waals surface area contributed by atoms with Crippen molar-refractivity contribution in [2.45, 2.75) is 18.9 Å². The van der Waals surface area contributed by atoms with Crippen LogP contribution in [0.5, 0.6) is 17.2 Å². The lowest BCUT2D eigenvalue weighted by Gasteiger charge is -2.16. The molecule has 1 aromatic rings. The Morgan fingerprint density at radius 1 is 1.16 bits per heavy atom. The Balaban J connectivity index is 2.11. The Morgan fingerprint density at radius 2 is 1.84 bits per heavy atom. The van der Waals surface area contributed by atoms with Gasteiger partial charge in [-0.05, 0) is 12.8 Å². The summed E-state index contributed by atoms with van der Waals surface area (Å²) in [6.07, 6.45) is 2.54. The van der Waals surface area contributed by atoms with E-state index in [2.05, 4.69) is 5.32 Å². The van der Waals surface area contributed by atoms with Gasteiger partial charge in [0, 0.05) is 31.0 Å². The second-order valence-electron chi connectivity index (χ2n) is 4.43. The first-order valence-electron chi connectivity index (χ1n) is 6.44. The van der Waals surface area contributed by atoms with E-state index in [9.17, 15) is 0 Å². The van der Waals surface area contributed by atoms with Crippen molar-refractivity contribution in [2.75, 3.05) is 39.8 Å². The molecule has 0 saturated carbocycles. The maximum atomic E-state index is 5.58. The zero-order valence-electron chi connectivity index (χ0n) is 11.7. The van der Waals surface area contributed by atoms with Gasteiger partial charge in [0.2, 0.25) is 5.75 Å². The van der Waals surface area contributed by atoms with E-state index in [1.807, 2.05) is 12.1 Å². The van der Waals surface area contributed by atoms with Gasteiger partial charge < -0.3 is 24.3 Å². The van der Waals surface area contributed by atoms with Crippen molar-refractivity contribution >= 4 is 5.69 Å². The van der Waals surface area contributed by atoms with Crippen molar-refractivity contribution in [1.29, 1.82) is 0 Å². The lowest BCUT2D eigenvalue weighted by Crippen LogP contribution is -2.18. The number of hydrogen-bond acceptors (Lipinski definition) is 5. The number of methoxy groups -OCH3 is 3. The number of nitrogens with one attached hydrogen (secondary N) is 1. The standard InChI is InChI=1S/C14H21NO4/c1-16-12-7-10(8-13(17-2)14(12)18-3)15-9-11-5-4-6-19-11/h7-8,11,15H,4-6,9H2,1-3H3. The van der Waals surface area contributed by atoms with Crippen molar-refractivity contribution in [3.63, 3.8) is 0 Å². The van der Waals surface area contributed by atoms with Crippen LogP contribution < -0.4 is 19.5 Å². The van der Waals surface area contributed by atoms with Gasteiger partial charge in [-0.1, -0.05) is 0 Å². The molecule has 0 radical (unpaired) electrons. The normalized spacial score (nSPS) is 18.2. The molecule has 0 bridgehead atoms. The maximum Gasteiger partial charge on any atom is 0.203 e. The van der Waals surface area contributed by atoms with Crippen molar-refractivity contribution in [3.05, 3.63) is 12.1 Å². The first-order valence-corrected chi connectivity index (χ1v) is 6.44. The summed E-state index contributed by atoms with van der Waals surface area (Å²) in [5.41, 5.74) is 0.935. The molecule has 1 saturated heterocycles. The van der Waals surface area contributed by atoms with E-state index in [4.69, 9.17) is 18.9 Å². The fourth-order valence-corrected chi connectivity index (χ4v) is 2.22. The molecule has 1 aliphatic rings. The number of anilines is 1. The van der Waals surface area contributed by atoms with Gasteiger partial charge in [-0.25, -0.2) is 0 Å². The summed E-state index contributed by atoms with van der Waals surface area (Å²) in [5.74, 6) is 1.90. The van der Waals surface area contributed by atoms with Crippen molar-refractivity contribution in [3.8, 4) is 17.2 Å². The Morgan fingerprint density at radius 3 is 2.32 bits per heavy atom. The highest BCUT2D eigenvalue weighted by molar-refractivity contribution is 5.62. The Kier molecular flexibility index (Phi) is 4.74. The molecule has 5 heteroatoms. The van der Waals surface area contributed by atoms with Gasteiger partial charge in [0.1, 0.15) is 0 Å². The third-order valence-electron chi connectivity index (χ3n) is 3.22. The third-order valence-corrected chi connectivity index (χ3v) is 3.22. The fourth-order valence-electron chi connectivity index (χ4n) is 2.22. The minimum Gasteiger partial charge on any atom is -0.493 e. The van der Waals surface area contributed by atoms with E-state index in [-0.39, 0.29) is 0 Å². The topological polar surface area (TPSA) is 49.0 Å². The average Bonchev–Trinajstić information content (AvgIpc) is 2.97. The van der Waals surface area contributed by atoms with Crippen LogP contribution in [-0.2, 0) is 4.74 Å². The maximum absolute atomic E-state index is 5.58. The summed E-state index contributed by atoms with van der Waals surface area (Å²) in [4.78, 5) is 0. The Labute approximate surface area is 113 Å². The molecule has 1 aliphatic heterocycles. The summed E-state index contributed by atoms with van der Waals surface area (Å²) in [5, 5.41) is 3.35. The molecule has 0 aromatic heterocycles. The van der Waals surface area contributed by atoms with Gasteiger partial charge in [-0.3, -0.25) is 0 Å². The molecule has 1 unspecified atom stereocenters. The molecule has 1 heterocycles. The quantitative estimate of drug-likeness (QED) is 0.857. The van der Waals surface area contributed by atoms with Gasteiger partial charge in [0.25, 0.3) is 0 Å². The van der Waals surface area contributed by atoms with Gasteiger partial charge in [-0.15, -0.1) is 0 Å². The third kappa shape index (κ3) is 3.23. The molecule has 1 atom stereocenters. The highest BCUT2D eigenvalue weighted by atomic mass is 16.5. The molecular weight excluding hydrogens is 246 g/mol. The zero-order chi connectivity index (χ0) is 13.7. The van der Waals surface area contributed by atoms with Crippen LogP contribution in [0.15, 0.2) is 12.1 Å². The van der Waals surface area contributed by atoms with Gasteiger partial charge in [0.05, 0.1) is 27.4 Å². The number of ether oxygens (including phenoxy) is 4. The number of benzene rings is 1. The van der Waals surface area contributed by atoms with Crippen molar-refractivity contribution in [1.82, 2.24) is 0 Å². The molecule has 106 valence electrons. The molecular formula is C14H21NO4. The van der Waals surface area contributed by atoms with E-state index >= 15 is 0 Å². The highest BCUT2D eigenvalue weighted by Gasteiger charge is 2.17. The molecule has 0 amide bonds. The predicted octanol–water partition coefficient (Wildman–Crippen LogP) is 2.30. The first kappa shape index (κ1) is 13.8. The van der Waals surface area contributed by atoms with Crippen molar-refractivity contribution in [2.24, 2.45) is 0 Å². The summed E-state index contributed by atoms with van der Waals surface area (Å²) in [6.45, 7) is 1.65. The molecule has 0 aliphatic carbocycles. The molecule has 0 spiro atoms. The van der Waals surface area contributed by atoms with Gasteiger partial charge >= 0.3 is 0 Å². The minimum atomic E-state index is 0.291. The van der Waals surface area contributed by atoms with Crippen LogP contribution in [0, 0.1) is 0 Å². The SMILES string of the molecule is COc1cc(NCC2CCCO2)cc(OC)c1OC. The van der Waals surface area contributed by atoms with Crippen LogP contribution in [-0.4, -0.2) is 40.6 Å². The molecule has 1 N–H and O–H groups in total. The zero-order valence-corrected chi connectivity index (χ0v) is 11.7. The van der Waals surface area contributed by atoms with E-state index in [0.29, 0.717) is 23.4 Å². The van der Waals surface area contributed by atoms with E-state index < -0.39 is 0 Å². The molecule has 2 rings (SSSR count). The van der Waals surface area contributed by atoms with Crippen LogP contribution in [0.3, 0.4) is 0 Å². The first-order chi connectivity index (χ1) is 9.28. The smallest absolute Gasteiger partial charge is 0.203 e. The summed E-state index contributed by atoms with van der Waals surface area (Å²) in [7, 11) is 4.82. The average molecular weight is 267 g/mol. The monoisotopic (exact) mass is 267 g/mol. The van der Waals surface area contributed by atoms with Gasteiger partial charge in [0.15, 0.2) is 11.5 Å². The molecule has 5 nitrogen and oxygen atoms in total. The van der Waals surface area contributed by atoms with Crippen LogP contribution in [0.2, 0.25) is 0 Å². The number of rotatable bonds is 6. The summed E-state index contributed by atoms with van der Waals surface area (Å²) >= 11 is 0. The predicted molar refractivity (Wildman–Crippen MR) is 73.6 cm³/mol. The largest absolute Gasteiger partial charge is 0.493 e. The molecule has 1 fully saturated rings. The van der Waals surface area contributed by atoms with Crippen LogP contribution in [0.4, 0.5) is 5.69 Å². The van der Waals surface area contributed by atoms with E-state index in [1.54, 1.807) is 21.3 Å². The number of hydrogen-bond donors (Lipinski definition) is 1. The lowest BCUT2D eigenvalue weighted by atomic mass is 10.2. The fraction of sp³-hybridized carbons (Fsp3) is 0.571. The van der Waals surface area contributed by atoms with Gasteiger partial charge in [-0.2, -0.15) is 0 Å². The van der Waals surface area contributed by atoms with Crippen LogP contribution in [0.25, 0.3) is 0 Å². The van der Waals surface area contributed by atoms with Crippen LogP contribution in [0.1, 0.15) is 12.8 Å². The minimum absolute atomic E-state index is 0.291. The molecule has 1 aromatic carbocycles. The Hall–Kier alpha value is -1.62. The molecule has 19 heavy (non-hydrogen) atoms. The Bertz CT molecular complexity index is 391. The van der Waals surface area contributed by atoms with E-state index in [1.165, 1.54) is 0 Å². The second kappa shape index (κ2) is 6.52. The summed E-state index contributed by atoms with van der Waals surface area (Å²) in [6, 6.07) is 3.80. The lowest BCUT2D eigenvalue weighted by molar-refractivity contribution is 0.120. The highest BCUT2D eigenvalue weighted by Crippen LogP contribution is 2.39. The van der Waals surface area contributed by atoms with Crippen molar-refractivity contribution < 1.29 is 18.9 Å². The van der Waals surface area contributed by atoms with Crippen LogP contribution >= 0.6 is 0 Å². The second-order valence-corrected chi connectivity index (χ2v) is 4.43.